The fourth-order valence-corrected chi connectivity index (χ4v) is 2.43. The Balaban J connectivity index is 2.32. The van der Waals surface area contributed by atoms with Crippen molar-refractivity contribution in [2.45, 2.75) is 29.7 Å². The highest BCUT2D eigenvalue weighted by Gasteiger charge is 2.39. The van der Waals surface area contributed by atoms with Gasteiger partial charge in [-0.15, -0.1) is 11.8 Å². The summed E-state index contributed by atoms with van der Waals surface area (Å²) in [5, 5.41) is 0. The molecular formula is C12H17NOS. The highest BCUT2D eigenvalue weighted by molar-refractivity contribution is 7.98. The number of benzene rings is 1. The van der Waals surface area contributed by atoms with Crippen LogP contribution in [-0.4, -0.2) is 18.9 Å². The number of nitrogens with two attached hydrogens (primary N) is 1. The van der Waals surface area contributed by atoms with E-state index in [2.05, 4.69) is 12.3 Å². The second-order valence-corrected chi connectivity index (χ2v) is 5.03. The van der Waals surface area contributed by atoms with Gasteiger partial charge in [-0.2, -0.15) is 0 Å². The van der Waals surface area contributed by atoms with Crippen LogP contribution in [0.3, 0.4) is 0 Å². The van der Waals surface area contributed by atoms with Gasteiger partial charge in [0, 0.05) is 16.0 Å². The van der Waals surface area contributed by atoms with E-state index in [1.807, 2.05) is 12.1 Å². The molecule has 2 nitrogen and oxygen atoms in total. The van der Waals surface area contributed by atoms with Gasteiger partial charge in [0.05, 0.1) is 7.11 Å². The molecule has 2 N–H and O–H groups in total. The fraction of sp³-hybridized carbons (Fsp3) is 0.500. The van der Waals surface area contributed by atoms with Gasteiger partial charge in [0.25, 0.3) is 0 Å². The molecule has 1 saturated carbocycles. The Labute approximate surface area is 95.2 Å². The van der Waals surface area contributed by atoms with Crippen molar-refractivity contribution in [2.24, 2.45) is 5.73 Å². The molecule has 3 heteroatoms. The van der Waals surface area contributed by atoms with E-state index in [-0.39, 0.29) is 5.54 Å². The Morgan fingerprint density at radius 2 is 2.20 bits per heavy atom. The highest BCUT2D eigenvalue weighted by Crippen LogP contribution is 2.40. The van der Waals surface area contributed by atoms with Crippen LogP contribution >= 0.6 is 11.8 Å². The van der Waals surface area contributed by atoms with Gasteiger partial charge in [0.15, 0.2) is 0 Å². The van der Waals surface area contributed by atoms with Gasteiger partial charge < -0.3 is 10.5 Å². The number of methoxy groups -OCH3 is 1. The molecule has 2 rings (SSSR count). The van der Waals surface area contributed by atoms with E-state index in [1.165, 1.54) is 10.5 Å². The van der Waals surface area contributed by atoms with Crippen LogP contribution in [0.25, 0.3) is 0 Å². The van der Waals surface area contributed by atoms with Crippen molar-refractivity contribution in [3.8, 4) is 5.75 Å². The van der Waals surface area contributed by atoms with Crippen molar-refractivity contribution in [3.63, 3.8) is 0 Å². The Morgan fingerprint density at radius 1 is 1.47 bits per heavy atom. The molecule has 1 aliphatic rings. The van der Waals surface area contributed by atoms with Crippen molar-refractivity contribution in [2.75, 3.05) is 13.4 Å². The van der Waals surface area contributed by atoms with E-state index in [9.17, 15) is 0 Å². The number of rotatable bonds is 4. The van der Waals surface area contributed by atoms with E-state index in [0.717, 1.165) is 25.0 Å². The molecule has 82 valence electrons. The average molecular weight is 223 g/mol. The molecule has 0 bridgehead atoms. The fourth-order valence-electron chi connectivity index (χ4n) is 1.79. The van der Waals surface area contributed by atoms with Gasteiger partial charge in [-0.1, -0.05) is 6.07 Å². The van der Waals surface area contributed by atoms with Crippen molar-refractivity contribution >= 4 is 11.8 Å². The SMILES string of the molecule is COc1cccc(SC)c1CC1(N)CC1. The molecule has 1 aromatic rings. The summed E-state index contributed by atoms with van der Waals surface area (Å²) in [6.45, 7) is 0. The largest absolute Gasteiger partial charge is 0.496 e. The van der Waals surface area contributed by atoms with E-state index >= 15 is 0 Å². The zero-order valence-electron chi connectivity index (χ0n) is 9.25. The number of hydrogen-bond acceptors (Lipinski definition) is 3. The van der Waals surface area contributed by atoms with E-state index in [4.69, 9.17) is 10.5 Å². The van der Waals surface area contributed by atoms with Crippen molar-refractivity contribution < 1.29 is 4.74 Å². The van der Waals surface area contributed by atoms with Crippen molar-refractivity contribution in [1.29, 1.82) is 0 Å². The second kappa shape index (κ2) is 4.06. The molecule has 0 aromatic heterocycles. The minimum Gasteiger partial charge on any atom is -0.496 e. The predicted molar refractivity (Wildman–Crippen MR) is 64.6 cm³/mol. The number of thioether (sulfide) groups is 1. The van der Waals surface area contributed by atoms with Crippen LogP contribution in [0.1, 0.15) is 18.4 Å². The molecule has 0 heterocycles. The zero-order valence-corrected chi connectivity index (χ0v) is 10.1. The summed E-state index contributed by atoms with van der Waals surface area (Å²) in [7, 11) is 1.72. The van der Waals surface area contributed by atoms with Crippen LogP contribution in [0.4, 0.5) is 0 Å². The summed E-state index contributed by atoms with van der Waals surface area (Å²) in [6.07, 6.45) is 5.30. The predicted octanol–water partition coefficient (Wildman–Crippen LogP) is 2.45. The normalized spacial score (nSPS) is 17.5. The number of hydrogen-bond donors (Lipinski definition) is 1. The quantitative estimate of drug-likeness (QED) is 0.796. The van der Waals surface area contributed by atoms with Crippen molar-refractivity contribution in [3.05, 3.63) is 23.8 Å². The molecule has 1 aromatic carbocycles. The average Bonchev–Trinajstić information content (AvgIpc) is 2.96. The van der Waals surface area contributed by atoms with Gasteiger partial charge in [0.2, 0.25) is 0 Å². The summed E-state index contributed by atoms with van der Waals surface area (Å²) in [4.78, 5) is 1.28. The maximum Gasteiger partial charge on any atom is 0.123 e. The van der Waals surface area contributed by atoms with Crippen LogP contribution < -0.4 is 10.5 Å². The molecule has 1 fully saturated rings. The third-order valence-corrected chi connectivity index (χ3v) is 3.77. The maximum absolute atomic E-state index is 6.16. The minimum atomic E-state index is 0.0408. The van der Waals surface area contributed by atoms with Crippen molar-refractivity contribution in [1.82, 2.24) is 0 Å². The molecule has 0 radical (unpaired) electrons. The molecular weight excluding hydrogens is 206 g/mol. The Morgan fingerprint density at radius 3 is 2.73 bits per heavy atom. The van der Waals surface area contributed by atoms with Crippen LogP contribution in [0.2, 0.25) is 0 Å². The first-order chi connectivity index (χ1) is 7.18. The molecule has 0 saturated heterocycles. The highest BCUT2D eigenvalue weighted by atomic mass is 32.2. The van der Waals surface area contributed by atoms with Gasteiger partial charge >= 0.3 is 0 Å². The molecule has 0 atom stereocenters. The van der Waals surface area contributed by atoms with Gasteiger partial charge in [-0.05, 0) is 37.7 Å². The lowest BCUT2D eigenvalue weighted by Crippen LogP contribution is -2.25. The lowest BCUT2D eigenvalue weighted by molar-refractivity contribution is 0.405. The first-order valence-corrected chi connectivity index (χ1v) is 6.40. The van der Waals surface area contributed by atoms with E-state index in [0.29, 0.717) is 0 Å². The topological polar surface area (TPSA) is 35.2 Å². The lowest BCUT2D eigenvalue weighted by atomic mass is 10.0. The van der Waals surface area contributed by atoms with Crippen LogP contribution in [0.15, 0.2) is 23.1 Å². The Bertz CT molecular complexity index is 338. The molecule has 0 spiro atoms. The smallest absolute Gasteiger partial charge is 0.123 e. The standard InChI is InChI=1S/C12H17NOS/c1-14-10-4-3-5-11(15-2)9(10)8-12(13)6-7-12/h3-5H,6-8,13H2,1-2H3. The number of ether oxygens (including phenoxy) is 1. The maximum atomic E-state index is 6.16. The van der Waals surface area contributed by atoms with Crippen LogP contribution in [0.5, 0.6) is 5.75 Å². The second-order valence-electron chi connectivity index (χ2n) is 4.18. The van der Waals surface area contributed by atoms with Crippen LogP contribution in [-0.2, 0) is 6.42 Å². The van der Waals surface area contributed by atoms with Gasteiger partial charge in [-0.25, -0.2) is 0 Å². The summed E-state index contributed by atoms with van der Waals surface area (Å²) in [5.41, 5.74) is 7.47. The molecule has 0 amide bonds. The molecule has 1 aliphatic carbocycles. The first-order valence-electron chi connectivity index (χ1n) is 5.17. The summed E-state index contributed by atoms with van der Waals surface area (Å²) >= 11 is 1.76. The van der Waals surface area contributed by atoms with E-state index < -0.39 is 0 Å². The third kappa shape index (κ3) is 2.29. The lowest BCUT2D eigenvalue weighted by Gasteiger charge is -2.15. The van der Waals surface area contributed by atoms with Gasteiger partial charge in [0.1, 0.15) is 5.75 Å². The monoisotopic (exact) mass is 223 g/mol. The van der Waals surface area contributed by atoms with E-state index in [1.54, 1.807) is 18.9 Å². The molecule has 0 unspecified atom stereocenters. The third-order valence-electron chi connectivity index (χ3n) is 2.95. The minimum absolute atomic E-state index is 0.0408. The Hall–Kier alpha value is -0.670. The van der Waals surface area contributed by atoms with Crippen LogP contribution in [0, 0.1) is 0 Å². The zero-order chi connectivity index (χ0) is 10.9. The Kier molecular flexibility index (Phi) is 2.94. The summed E-state index contributed by atoms with van der Waals surface area (Å²) in [5.74, 6) is 0.971. The molecule has 0 aliphatic heterocycles. The summed E-state index contributed by atoms with van der Waals surface area (Å²) in [6, 6.07) is 6.18. The first kappa shape index (κ1) is 10.8. The molecule has 15 heavy (non-hydrogen) atoms. The summed E-state index contributed by atoms with van der Waals surface area (Å²) < 4.78 is 5.39. The van der Waals surface area contributed by atoms with Gasteiger partial charge in [-0.3, -0.25) is 0 Å².